The zero-order valence-corrected chi connectivity index (χ0v) is 14.7. The Morgan fingerprint density at radius 3 is 2.26 bits per heavy atom. The molecule has 1 unspecified atom stereocenters. The van der Waals surface area contributed by atoms with Gasteiger partial charge in [0.2, 0.25) is 0 Å². The predicted molar refractivity (Wildman–Crippen MR) is 100 cm³/mol. The van der Waals surface area contributed by atoms with Gasteiger partial charge in [0.25, 0.3) is 0 Å². The lowest BCUT2D eigenvalue weighted by Gasteiger charge is -2.13. The molecule has 3 nitrogen and oxygen atoms in total. The third-order valence-corrected chi connectivity index (χ3v) is 4.12. The van der Waals surface area contributed by atoms with Crippen LogP contribution in [-0.4, -0.2) is 11.7 Å². The lowest BCUT2D eigenvalue weighted by atomic mass is 10.1. The van der Waals surface area contributed by atoms with Gasteiger partial charge < -0.3 is 15.2 Å². The fourth-order valence-corrected chi connectivity index (χ4v) is 2.68. The molecule has 0 fully saturated rings. The predicted octanol–water partition coefficient (Wildman–Crippen LogP) is 4.37. The molecule has 0 heterocycles. The van der Waals surface area contributed by atoms with Gasteiger partial charge >= 0.3 is 0 Å². The number of nitrogens with one attached hydrogen (secondary N) is 1. The number of halogens is 2. The van der Waals surface area contributed by atoms with Gasteiger partial charge in [0.15, 0.2) is 0 Å². The van der Waals surface area contributed by atoms with Gasteiger partial charge in [-0.15, -0.1) is 0 Å². The van der Waals surface area contributed by atoms with E-state index in [0.29, 0.717) is 31.0 Å². The maximum atomic E-state index is 13.2. The van der Waals surface area contributed by atoms with E-state index in [2.05, 4.69) is 5.32 Å². The minimum atomic E-state index is -0.769. The van der Waals surface area contributed by atoms with Gasteiger partial charge in [-0.25, -0.2) is 8.78 Å². The van der Waals surface area contributed by atoms with E-state index in [0.717, 1.165) is 11.1 Å². The highest BCUT2D eigenvalue weighted by Gasteiger charge is 2.07. The first kappa shape index (κ1) is 19.0. The molecule has 0 saturated carbocycles. The summed E-state index contributed by atoms with van der Waals surface area (Å²) < 4.78 is 32.0. The Kier molecular flexibility index (Phi) is 6.52. The summed E-state index contributed by atoms with van der Waals surface area (Å²) in [5, 5.41) is 13.2. The number of ether oxygens (including phenoxy) is 1. The van der Waals surface area contributed by atoms with Crippen molar-refractivity contribution in [3.8, 4) is 5.75 Å². The Bertz CT molecular complexity index is 868. The molecular formula is C22H21F2NO2. The monoisotopic (exact) mass is 369 g/mol. The molecule has 5 heteroatoms. The molecular weight excluding hydrogens is 348 g/mol. The lowest BCUT2D eigenvalue weighted by Crippen LogP contribution is -2.21. The van der Waals surface area contributed by atoms with Crippen LogP contribution in [0.5, 0.6) is 5.75 Å². The summed E-state index contributed by atoms with van der Waals surface area (Å²) in [7, 11) is 0. The van der Waals surface area contributed by atoms with Crippen LogP contribution < -0.4 is 10.1 Å². The third-order valence-electron chi connectivity index (χ3n) is 4.12. The van der Waals surface area contributed by atoms with Crippen molar-refractivity contribution in [2.75, 3.05) is 6.54 Å². The highest BCUT2D eigenvalue weighted by atomic mass is 19.1. The third kappa shape index (κ3) is 5.88. The Morgan fingerprint density at radius 1 is 0.852 bits per heavy atom. The Labute approximate surface area is 157 Å². The van der Waals surface area contributed by atoms with Crippen molar-refractivity contribution in [1.29, 1.82) is 0 Å². The van der Waals surface area contributed by atoms with Crippen LogP contribution >= 0.6 is 0 Å². The molecule has 0 aliphatic carbocycles. The van der Waals surface area contributed by atoms with Crippen molar-refractivity contribution in [3.63, 3.8) is 0 Å². The van der Waals surface area contributed by atoms with Gasteiger partial charge in [-0.05, 0) is 53.1 Å². The normalized spacial score (nSPS) is 12.0. The highest BCUT2D eigenvalue weighted by Crippen LogP contribution is 2.16. The molecule has 0 aliphatic heterocycles. The maximum absolute atomic E-state index is 13.2. The SMILES string of the molecule is OC(CNCc1ccc(OCc2cccc(F)c2)cc1)c1cccc(F)c1. The second-order valence-electron chi connectivity index (χ2n) is 6.26. The van der Waals surface area contributed by atoms with Crippen LogP contribution in [0.4, 0.5) is 8.78 Å². The number of hydrogen-bond acceptors (Lipinski definition) is 3. The van der Waals surface area contributed by atoms with E-state index in [1.807, 2.05) is 30.3 Å². The summed E-state index contributed by atoms with van der Waals surface area (Å²) in [4.78, 5) is 0. The topological polar surface area (TPSA) is 41.5 Å². The first-order valence-electron chi connectivity index (χ1n) is 8.70. The number of hydrogen-bond donors (Lipinski definition) is 2. The molecule has 0 amide bonds. The van der Waals surface area contributed by atoms with Crippen LogP contribution in [-0.2, 0) is 13.2 Å². The molecule has 27 heavy (non-hydrogen) atoms. The summed E-state index contributed by atoms with van der Waals surface area (Å²) in [6, 6.07) is 19.8. The van der Waals surface area contributed by atoms with Crippen molar-refractivity contribution in [2.45, 2.75) is 19.3 Å². The summed E-state index contributed by atoms with van der Waals surface area (Å²) in [6.07, 6.45) is -0.769. The molecule has 0 radical (unpaired) electrons. The van der Waals surface area contributed by atoms with Crippen LogP contribution in [0.1, 0.15) is 22.8 Å². The van der Waals surface area contributed by atoms with E-state index in [1.165, 1.54) is 24.3 Å². The Balaban J connectivity index is 1.45. The molecule has 0 aromatic heterocycles. The van der Waals surface area contributed by atoms with Gasteiger partial charge in [-0.2, -0.15) is 0 Å². The van der Waals surface area contributed by atoms with E-state index >= 15 is 0 Å². The van der Waals surface area contributed by atoms with Crippen molar-refractivity contribution < 1.29 is 18.6 Å². The molecule has 0 aliphatic rings. The largest absolute Gasteiger partial charge is 0.489 e. The summed E-state index contributed by atoms with van der Waals surface area (Å²) in [5.74, 6) is 0.0566. The number of rotatable bonds is 8. The number of benzene rings is 3. The molecule has 3 aromatic rings. The zero-order valence-electron chi connectivity index (χ0n) is 14.7. The first-order valence-corrected chi connectivity index (χ1v) is 8.70. The summed E-state index contributed by atoms with van der Waals surface area (Å²) in [6.45, 7) is 1.19. The van der Waals surface area contributed by atoms with E-state index in [9.17, 15) is 13.9 Å². The van der Waals surface area contributed by atoms with Crippen molar-refractivity contribution in [1.82, 2.24) is 5.32 Å². The molecule has 3 aromatic carbocycles. The second kappa shape index (κ2) is 9.26. The molecule has 1 atom stereocenters. The fourth-order valence-electron chi connectivity index (χ4n) is 2.68. The number of aliphatic hydroxyl groups excluding tert-OH is 1. The van der Waals surface area contributed by atoms with Gasteiger partial charge in [0.1, 0.15) is 24.0 Å². The Hall–Kier alpha value is -2.76. The summed E-state index contributed by atoms with van der Waals surface area (Å²) >= 11 is 0. The molecule has 2 N–H and O–H groups in total. The van der Waals surface area contributed by atoms with Crippen molar-refractivity contribution in [2.24, 2.45) is 0 Å². The average Bonchev–Trinajstić information content (AvgIpc) is 2.67. The fraction of sp³-hybridized carbons (Fsp3) is 0.182. The lowest BCUT2D eigenvalue weighted by molar-refractivity contribution is 0.174. The molecule has 0 bridgehead atoms. The average molecular weight is 369 g/mol. The van der Waals surface area contributed by atoms with Gasteiger partial charge in [0.05, 0.1) is 6.10 Å². The van der Waals surface area contributed by atoms with E-state index in [1.54, 1.807) is 18.2 Å². The molecule has 3 rings (SSSR count). The van der Waals surface area contributed by atoms with Crippen LogP contribution in [0.2, 0.25) is 0 Å². The minimum absolute atomic E-state index is 0.280. The van der Waals surface area contributed by atoms with Gasteiger partial charge in [-0.3, -0.25) is 0 Å². The number of aliphatic hydroxyl groups is 1. The van der Waals surface area contributed by atoms with E-state index in [4.69, 9.17) is 4.74 Å². The molecule has 0 saturated heterocycles. The summed E-state index contributed by atoms with van der Waals surface area (Å²) in [5.41, 5.74) is 2.34. The van der Waals surface area contributed by atoms with Crippen LogP contribution in [0, 0.1) is 11.6 Å². The molecule has 140 valence electrons. The van der Waals surface area contributed by atoms with Crippen molar-refractivity contribution >= 4 is 0 Å². The second-order valence-corrected chi connectivity index (χ2v) is 6.26. The van der Waals surface area contributed by atoms with E-state index < -0.39 is 6.10 Å². The Morgan fingerprint density at radius 2 is 1.56 bits per heavy atom. The van der Waals surface area contributed by atoms with Crippen molar-refractivity contribution in [3.05, 3.63) is 101 Å². The first-order chi connectivity index (χ1) is 13.1. The van der Waals surface area contributed by atoms with Gasteiger partial charge in [-0.1, -0.05) is 36.4 Å². The quantitative estimate of drug-likeness (QED) is 0.620. The molecule has 0 spiro atoms. The van der Waals surface area contributed by atoms with E-state index in [-0.39, 0.29) is 11.6 Å². The minimum Gasteiger partial charge on any atom is -0.489 e. The van der Waals surface area contributed by atoms with Crippen LogP contribution in [0.3, 0.4) is 0 Å². The van der Waals surface area contributed by atoms with Gasteiger partial charge in [0, 0.05) is 13.1 Å². The van der Waals surface area contributed by atoms with Crippen LogP contribution in [0.25, 0.3) is 0 Å². The van der Waals surface area contributed by atoms with Crippen LogP contribution in [0.15, 0.2) is 72.8 Å². The highest BCUT2D eigenvalue weighted by molar-refractivity contribution is 5.28. The smallest absolute Gasteiger partial charge is 0.123 e. The maximum Gasteiger partial charge on any atom is 0.123 e. The standard InChI is InChI=1S/C22H21F2NO2/c23-19-5-1-3-17(11-19)15-27-21-9-7-16(8-10-21)13-25-14-22(26)18-4-2-6-20(24)12-18/h1-12,22,25-26H,13-15H2. The zero-order chi connectivity index (χ0) is 19.1.